The lowest BCUT2D eigenvalue weighted by Crippen LogP contribution is -2.45. The molecule has 0 atom stereocenters. The number of rotatable bonds is 7. The van der Waals surface area contributed by atoms with E-state index in [1.165, 1.54) is 23.5 Å². The smallest absolute Gasteiger partial charge is 0.251 e. The van der Waals surface area contributed by atoms with E-state index in [1.54, 1.807) is 11.8 Å². The Bertz CT molecular complexity index is 722. The van der Waals surface area contributed by atoms with Crippen molar-refractivity contribution in [3.8, 4) is 0 Å². The number of benzene rings is 2. The van der Waals surface area contributed by atoms with Gasteiger partial charge < -0.3 is 10.2 Å². The number of carbonyl (C=O) groups excluding carboxylic acids is 1. The van der Waals surface area contributed by atoms with Crippen LogP contribution in [0.1, 0.15) is 28.4 Å². The molecular weight excluding hydrogens is 354 g/mol. The molecule has 4 nitrogen and oxygen atoms in total. The average Bonchev–Trinajstić information content (AvgIpc) is 2.73. The van der Waals surface area contributed by atoms with Crippen LogP contribution >= 0.6 is 11.8 Å². The Hall–Kier alpha value is -1.82. The summed E-state index contributed by atoms with van der Waals surface area (Å²) in [5, 5.41) is 3.00. The summed E-state index contributed by atoms with van der Waals surface area (Å²) in [5.74, 6) is -0.0273. The molecule has 1 heterocycles. The topological polar surface area (TPSA) is 35.6 Å². The minimum Gasteiger partial charge on any atom is -0.348 e. The van der Waals surface area contributed by atoms with Crippen molar-refractivity contribution >= 4 is 17.7 Å². The maximum atomic E-state index is 12.3. The van der Waals surface area contributed by atoms with Gasteiger partial charge in [-0.3, -0.25) is 9.69 Å². The van der Waals surface area contributed by atoms with E-state index in [0.717, 1.165) is 31.7 Å². The van der Waals surface area contributed by atoms with Crippen molar-refractivity contribution in [2.45, 2.75) is 24.9 Å². The Morgan fingerprint density at radius 1 is 0.926 bits per heavy atom. The molecule has 1 aliphatic heterocycles. The minimum atomic E-state index is -0.0273. The van der Waals surface area contributed by atoms with Crippen LogP contribution in [-0.4, -0.2) is 54.7 Å². The van der Waals surface area contributed by atoms with Crippen molar-refractivity contribution in [3.05, 3.63) is 65.2 Å². The summed E-state index contributed by atoms with van der Waals surface area (Å²) in [7, 11) is 0. The first-order valence-electron chi connectivity index (χ1n) is 9.62. The molecule has 0 bridgehead atoms. The van der Waals surface area contributed by atoms with Crippen LogP contribution in [0.4, 0.5) is 0 Å². The van der Waals surface area contributed by atoms with Crippen LogP contribution in [0.3, 0.4) is 0 Å². The summed E-state index contributed by atoms with van der Waals surface area (Å²) in [6, 6.07) is 16.3. The highest BCUT2D eigenvalue weighted by Gasteiger charge is 2.15. The zero-order valence-electron chi connectivity index (χ0n) is 16.3. The third kappa shape index (κ3) is 5.83. The van der Waals surface area contributed by atoms with Gasteiger partial charge in [0, 0.05) is 49.7 Å². The SMILES string of the molecule is CCN1CCN(Cc2ccc(CNC(=O)c3ccc(SC)cc3)cc2)CC1. The fourth-order valence-electron chi connectivity index (χ4n) is 3.31. The number of nitrogens with zero attached hydrogens (tertiary/aromatic N) is 2. The van der Waals surface area contributed by atoms with Gasteiger partial charge in [0.25, 0.3) is 5.91 Å². The lowest BCUT2D eigenvalue weighted by atomic mass is 10.1. The molecular formula is C22H29N3OS. The fraction of sp³-hybridized carbons (Fsp3) is 0.409. The van der Waals surface area contributed by atoms with Crippen molar-refractivity contribution < 1.29 is 4.79 Å². The number of hydrogen-bond acceptors (Lipinski definition) is 4. The third-order valence-corrected chi connectivity index (χ3v) is 5.89. The van der Waals surface area contributed by atoms with Gasteiger partial charge in [0.2, 0.25) is 0 Å². The molecule has 2 aromatic carbocycles. The summed E-state index contributed by atoms with van der Waals surface area (Å²) in [4.78, 5) is 18.4. The summed E-state index contributed by atoms with van der Waals surface area (Å²) < 4.78 is 0. The molecule has 0 spiro atoms. The van der Waals surface area contributed by atoms with Crippen LogP contribution in [0.2, 0.25) is 0 Å². The van der Waals surface area contributed by atoms with Gasteiger partial charge in [-0.25, -0.2) is 0 Å². The Morgan fingerprint density at radius 2 is 1.52 bits per heavy atom. The van der Waals surface area contributed by atoms with Gasteiger partial charge in [-0.2, -0.15) is 0 Å². The second-order valence-corrected chi connectivity index (χ2v) is 7.82. The molecule has 0 aliphatic carbocycles. The quantitative estimate of drug-likeness (QED) is 0.743. The molecule has 1 saturated heterocycles. The van der Waals surface area contributed by atoms with Crippen LogP contribution in [0.25, 0.3) is 0 Å². The highest BCUT2D eigenvalue weighted by atomic mass is 32.2. The number of hydrogen-bond donors (Lipinski definition) is 1. The van der Waals surface area contributed by atoms with E-state index in [0.29, 0.717) is 12.1 Å². The maximum Gasteiger partial charge on any atom is 0.251 e. The van der Waals surface area contributed by atoms with Gasteiger partial charge in [-0.15, -0.1) is 11.8 Å². The minimum absolute atomic E-state index is 0.0273. The zero-order valence-corrected chi connectivity index (χ0v) is 17.1. The predicted molar refractivity (Wildman–Crippen MR) is 113 cm³/mol. The third-order valence-electron chi connectivity index (χ3n) is 5.15. The van der Waals surface area contributed by atoms with Crippen molar-refractivity contribution in [2.75, 3.05) is 39.0 Å². The zero-order chi connectivity index (χ0) is 19.1. The van der Waals surface area contributed by atoms with Crippen LogP contribution in [0.15, 0.2) is 53.4 Å². The Kier molecular flexibility index (Phi) is 7.33. The van der Waals surface area contributed by atoms with E-state index in [-0.39, 0.29) is 5.91 Å². The lowest BCUT2D eigenvalue weighted by molar-refractivity contribution is 0.0951. The van der Waals surface area contributed by atoms with Gasteiger partial charge in [0.15, 0.2) is 0 Å². The van der Waals surface area contributed by atoms with E-state index in [4.69, 9.17) is 0 Å². The predicted octanol–water partition coefficient (Wildman–Crippen LogP) is 3.48. The number of nitrogens with one attached hydrogen (secondary N) is 1. The molecule has 1 amide bonds. The highest BCUT2D eigenvalue weighted by molar-refractivity contribution is 7.98. The van der Waals surface area contributed by atoms with Crippen molar-refractivity contribution in [3.63, 3.8) is 0 Å². The molecule has 1 aliphatic rings. The number of piperazine rings is 1. The first kappa shape index (κ1) is 19.9. The van der Waals surface area contributed by atoms with Crippen LogP contribution in [0.5, 0.6) is 0 Å². The number of likely N-dealkylation sites (N-methyl/N-ethyl adjacent to an activating group) is 1. The highest BCUT2D eigenvalue weighted by Crippen LogP contribution is 2.15. The molecule has 5 heteroatoms. The standard InChI is InChI=1S/C22H29N3OS/c1-3-24-12-14-25(15-13-24)17-19-6-4-18(5-7-19)16-23-22(26)20-8-10-21(27-2)11-9-20/h4-11H,3,12-17H2,1-2H3,(H,23,26). The molecule has 0 unspecified atom stereocenters. The van der Waals surface area contributed by atoms with E-state index < -0.39 is 0 Å². The van der Waals surface area contributed by atoms with E-state index in [1.807, 2.05) is 30.5 Å². The number of amides is 1. The van der Waals surface area contributed by atoms with Crippen LogP contribution in [0, 0.1) is 0 Å². The van der Waals surface area contributed by atoms with E-state index in [9.17, 15) is 4.79 Å². The average molecular weight is 384 g/mol. The van der Waals surface area contributed by atoms with Gasteiger partial charge in [-0.1, -0.05) is 31.2 Å². The molecule has 144 valence electrons. The molecule has 3 rings (SSSR count). The van der Waals surface area contributed by atoms with Crippen LogP contribution in [-0.2, 0) is 13.1 Å². The van der Waals surface area contributed by atoms with Gasteiger partial charge in [-0.05, 0) is 48.2 Å². The molecule has 0 radical (unpaired) electrons. The largest absolute Gasteiger partial charge is 0.348 e. The first-order valence-corrected chi connectivity index (χ1v) is 10.8. The normalized spacial score (nSPS) is 15.6. The monoisotopic (exact) mass is 383 g/mol. The Labute approximate surface area is 166 Å². The van der Waals surface area contributed by atoms with Gasteiger partial charge >= 0.3 is 0 Å². The van der Waals surface area contributed by atoms with Crippen LogP contribution < -0.4 is 5.32 Å². The summed E-state index contributed by atoms with van der Waals surface area (Å²) in [5.41, 5.74) is 3.17. The summed E-state index contributed by atoms with van der Waals surface area (Å²) in [6.45, 7) is 9.55. The molecule has 0 saturated carbocycles. The molecule has 1 fully saturated rings. The second-order valence-electron chi connectivity index (χ2n) is 6.94. The molecule has 27 heavy (non-hydrogen) atoms. The summed E-state index contributed by atoms with van der Waals surface area (Å²) >= 11 is 1.68. The van der Waals surface area contributed by atoms with E-state index >= 15 is 0 Å². The number of thioether (sulfide) groups is 1. The Morgan fingerprint density at radius 3 is 2.11 bits per heavy atom. The fourth-order valence-corrected chi connectivity index (χ4v) is 3.72. The van der Waals surface area contributed by atoms with Gasteiger partial charge in [0.05, 0.1) is 0 Å². The first-order chi connectivity index (χ1) is 13.2. The Balaban J connectivity index is 1.46. The van der Waals surface area contributed by atoms with Crippen molar-refractivity contribution in [1.82, 2.24) is 15.1 Å². The van der Waals surface area contributed by atoms with Crippen molar-refractivity contribution in [1.29, 1.82) is 0 Å². The van der Waals surface area contributed by atoms with Gasteiger partial charge in [0.1, 0.15) is 0 Å². The lowest BCUT2D eigenvalue weighted by Gasteiger charge is -2.34. The molecule has 2 aromatic rings. The maximum absolute atomic E-state index is 12.3. The molecule has 1 N–H and O–H groups in total. The summed E-state index contributed by atoms with van der Waals surface area (Å²) in [6.07, 6.45) is 2.03. The number of carbonyl (C=O) groups is 1. The molecule has 0 aromatic heterocycles. The van der Waals surface area contributed by atoms with Crippen molar-refractivity contribution in [2.24, 2.45) is 0 Å². The van der Waals surface area contributed by atoms with E-state index in [2.05, 4.69) is 46.3 Å². The second kappa shape index (κ2) is 9.93.